The molecule has 0 unspecified atom stereocenters. The molecule has 0 saturated carbocycles. The van der Waals surface area contributed by atoms with E-state index in [0.29, 0.717) is 5.71 Å². The summed E-state index contributed by atoms with van der Waals surface area (Å²) in [5.41, 5.74) is 11.7. The second kappa shape index (κ2) is 12.4. The lowest BCUT2D eigenvalue weighted by Gasteiger charge is -2.30. The first-order chi connectivity index (χ1) is 25.8. The molecule has 0 bridgehead atoms. The Morgan fingerprint density at radius 3 is 1.90 bits per heavy atom. The summed E-state index contributed by atoms with van der Waals surface area (Å²) in [7, 11) is 0. The summed E-state index contributed by atoms with van der Waals surface area (Å²) in [6.07, 6.45) is 1.78. The van der Waals surface area contributed by atoms with Crippen LogP contribution < -0.4 is 4.90 Å². The van der Waals surface area contributed by atoms with Crippen LogP contribution in [0, 0.1) is 0 Å². The van der Waals surface area contributed by atoms with Gasteiger partial charge in [-0.15, -0.1) is 0 Å². The van der Waals surface area contributed by atoms with Crippen LogP contribution in [0.25, 0.3) is 77.0 Å². The van der Waals surface area contributed by atoms with Crippen LogP contribution in [0.15, 0.2) is 199 Å². The van der Waals surface area contributed by atoms with Gasteiger partial charge in [0, 0.05) is 33.6 Å². The second-order valence-corrected chi connectivity index (χ2v) is 13.2. The minimum Gasteiger partial charge on any atom is -0.438 e. The molecule has 10 aromatic rings. The molecule has 0 spiro atoms. The molecule has 8 aromatic carbocycles. The number of fused-ring (bicyclic) bond motifs is 5. The Bertz CT molecular complexity index is 2910. The lowest BCUT2D eigenvalue weighted by atomic mass is 9.92. The summed E-state index contributed by atoms with van der Waals surface area (Å²) in [6.45, 7) is 0. The number of aromatic nitrogens is 1. The molecule has 52 heavy (non-hydrogen) atoms. The number of anilines is 3. The molecule has 0 atom stereocenters. The van der Waals surface area contributed by atoms with E-state index < -0.39 is 0 Å². The van der Waals surface area contributed by atoms with Crippen LogP contribution in [0.3, 0.4) is 0 Å². The maximum absolute atomic E-state index is 6.36. The van der Waals surface area contributed by atoms with Gasteiger partial charge in [-0.25, -0.2) is 4.98 Å². The Labute approximate surface area is 301 Å². The highest BCUT2D eigenvalue weighted by molar-refractivity contribution is 6.13. The van der Waals surface area contributed by atoms with Crippen molar-refractivity contribution >= 4 is 60.7 Å². The lowest BCUT2D eigenvalue weighted by molar-refractivity contribution is 0.654. The summed E-state index contributed by atoms with van der Waals surface area (Å²) >= 11 is 0. The molecule has 0 aliphatic rings. The lowest BCUT2D eigenvalue weighted by Crippen LogP contribution is -2.12. The highest BCUT2D eigenvalue weighted by Crippen LogP contribution is 2.47. The summed E-state index contributed by atoms with van der Waals surface area (Å²) in [5, 5.41) is 6.73. The summed E-state index contributed by atoms with van der Waals surface area (Å²) in [5.74, 6) is 0. The Morgan fingerprint density at radius 1 is 0.385 bits per heavy atom. The summed E-state index contributed by atoms with van der Waals surface area (Å²) in [6, 6.07) is 67.3. The zero-order valence-corrected chi connectivity index (χ0v) is 28.3. The number of benzene rings is 8. The van der Waals surface area contributed by atoms with Crippen LogP contribution in [0.5, 0.6) is 0 Å². The summed E-state index contributed by atoms with van der Waals surface area (Å²) < 4.78 is 6.36. The van der Waals surface area contributed by atoms with Crippen LogP contribution in [0.2, 0.25) is 0 Å². The van der Waals surface area contributed by atoms with Gasteiger partial charge in [0.1, 0.15) is 5.58 Å². The number of rotatable bonds is 6. The van der Waals surface area contributed by atoms with Crippen LogP contribution >= 0.6 is 0 Å². The Morgan fingerprint density at radius 2 is 1.06 bits per heavy atom. The third-order valence-corrected chi connectivity index (χ3v) is 10.1. The zero-order valence-electron chi connectivity index (χ0n) is 28.3. The van der Waals surface area contributed by atoms with Gasteiger partial charge in [-0.3, -0.25) is 0 Å². The van der Waals surface area contributed by atoms with Crippen molar-refractivity contribution in [1.29, 1.82) is 0 Å². The van der Waals surface area contributed by atoms with Gasteiger partial charge in [-0.05, 0) is 98.6 Å². The largest absolute Gasteiger partial charge is 0.438 e. The fourth-order valence-electron chi connectivity index (χ4n) is 7.64. The molecule has 0 N–H and O–H groups in total. The second-order valence-electron chi connectivity index (χ2n) is 13.2. The number of hydrogen-bond acceptors (Lipinski definition) is 3. The average Bonchev–Trinajstić information content (AvgIpc) is 3.58. The van der Waals surface area contributed by atoms with E-state index in [1.165, 1.54) is 33.0 Å². The molecule has 244 valence electrons. The predicted molar refractivity (Wildman–Crippen MR) is 218 cm³/mol. The van der Waals surface area contributed by atoms with Crippen molar-refractivity contribution in [3.05, 3.63) is 194 Å². The van der Waals surface area contributed by atoms with Gasteiger partial charge in [0.25, 0.3) is 0 Å². The molecule has 0 aliphatic heterocycles. The molecule has 0 fully saturated rings. The Balaban J connectivity index is 1.29. The van der Waals surface area contributed by atoms with Gasteiger partial charge in [0.05, 0.1) is 11.4 Å². The molecule has 0 radical (unpaired) electrons. The first-order valence-electron chi connectivity index (χ1n) is 17.6. The minimum absolute atomic E-state index is 0.650. The normalized spacial score (nSPS) is 11.5. The van der Waals surface area contributed by atoms with Gasteiger partial charge < -0.3 is 9.32 Å². The maximum Gasteiger partial charge on any atom is 0.227 e. The standard InChI is InChI=1S/C49H32N2O/c1-3-13-33(14-4-1)36-19-9-21-39(29-36)51(46-25-11-20-38-31-45-42-24-12-28-50-49(42)52-48(45)32-43(38)46)47-27-26-37(34-15-5-2-6-16-34)30-44(47)41-23-10-18-35-17-7-8-22-40(35)41/h1-32H. The number of hydrogen-bond donors (Lipinski definition) is 0. The van der Waals surface area contributed by atoms with Crippen LogP contribution in [0.1, 0.15) is 0 Å². The van der Waals surface area contributed by atoms with E-state index >= 15 is 0 Å². The van der Waals surface area contributed by atoms with E-state index in [9.17, 15) is 0 Å². The Hall–Kier alpha value is -6.97. The number of nitrogens with zero attached hydrogens (tertiary/aromatic N) is 2. The quantitative estimate of drug-likeness (QED) is 0.177. The molecular formula is C49H32N2O. The SMILES string of the molecule is c1ccc(-c2cccc(N(c3ccc(-c4ccccc4)cc3-c3cccc4ccccc34)c3cccc4cc5c(cc34)oc3ncccc35)c2)cc1. The molecule has 3 heteroatoms. The minimum atomic E-state index is 0.650. The van der Waals surface area contributed by atoms with E-state index in [1.54, 1.807) is 6.20 Å². The van der Waals surface area contributed by atoms with Crippen molar-refractivity contribution in [1.82, 2.24) is 4.98 Å². The molecule has 3 nitrogen and oxygen atoms in total. The van der Waals surface area contributed by atoms with Gasteiger partial charge in [0.15, 0.2) is 0 Å². The van der Waals surface area contributed by atoms with Crippen molar-refractivity contribution in [2.45, 2.75) is 0 Å². The van der Waals surface area contributed by atoms with E-state index in [-0.39, 0.29) is 0 Å². The average molecular weight is 665 g/mol. The van der Waals surface area contributed by atoms with E-state index in [0.717, 1.165) is 55.3 Å². The van der Waals surface area contributed by atoms with Gasteiger partial charge >= 0.3 is 0 Å². The molecule has 2 aromatic heterocycles. The third kappa shape index (κ3) is 5.10. The fraction of sp³-hybridized carbons (Fsp3) is 0. The van der Waals surface area contributed by atoms with Crippen LogP contribution in [-0.2, 0) is 0 Å². The molecule has 0 amide bonds. The molecule has 0 saturated heterocycles. The highest BCUT2D eigenvalue weighted by atomic mass is 16.3. The smallest absolute Gasteiger partial charge is 0.227 e. The topological polar surface area (TPSA) is 29.3 Å². The highest BCUT2D eigenvalue weighted by Gasteiger charge is 2.22. The molecule has 0 aliphatic carbocycles. The van der Waals surface area contributed by atoms with Crippen molar-refractivity contribution in [2.24, 2.45) is 0 Å². The first kappa shape index (κ1) is 29.9. The number of pyridine rings is 1. The molecule has 10 rings (SSSR count). The monoisotopic (exact) mass is 664 g/mol. The van der Waals surface area contributed by atoms with Crippen LogP contribution in [-0.4, -0.2) is 4.98 Å². The predicted octanol–water partition coefficient (Wildman–Crippen LogP) is 13.8. The van der Waals surface area contributed by atoms with Crippen molar-refractivity contribution in [2.75, 3.05) is 4.90 Å². The Kier molecular flexibility index (Phi) is 7.14. The van der Waals surface area contributed by atoms with Gasteiger partial charge in [-0.1, -0.05) is 133 Å². The molecule has 2 heterocycles. The van der Waals surface area contributed by atoms with E-state index in [2.05, 4.69) is 192 Å². The van der Waals surface area contributed by atoms with Crippen molar-refractivity contribution < 1.29 is 4.42 Å². The van der Waals surface area contributed by atoms with E-state index in [1.807, 2.05) is 6.07 Å². The third-order valence-electron chi connectivity index (χ3n) is 10.1. The maximum atomic E-state index is 6.36. The summed E-state index contributed by atoms with van der Waals surface area (Å²) in [4.78, 5) is 6.95. The van der Waals surface area contributed by atoms with Crippen molar-refractivity contribution in [3.63, 3.8) is 0 Å². The van der Waals surface area contributed by atoms with E-state index in [4.69, 9.17) is 4.42 Å². The number of furan rings is 1. The van der Waals surface area contributed by atoms with Gasteiger partial charge in [0.2, 0.25) is 5.71 Å². The zero-order chi connectivity index (χ0) is 34.4. The fourth-order valence-corrected chi connectivity index (χ4v) is 7.64. The molecular weight excluding hydrogens is 633 g/mol. The first-order valence-corrected chi connectivity index (χ1v) is 17.6. The van der Waals surface area contributed by atoms with Crippen LogP contribution in [0.4, 0.5) is 17.1 Å². The van der Waals surface area contributed by atoms with Gasteiger partial charge in [-0.2, -0.15) is 0 Å². The van der Waals surface area contributed by atoms with Crippen molar-refractivity contribution in [3.8, 4) is 33.4 Å².